The minimum Gasteiger partial charge on any atom is -0.454 e. The van der Waals surface area contributed by atoms with Gasteiger partial charge in [0.15, 0.2) is 11.5 Å². The van der Waals surface area contributed by atoms with Crippen LogP contribution in [0.25, 0.3) is 11.5 Å². The number of carbonyl (C=O) groups excluding carboxylic acids is 1. The zero-order valence-corrected chi connectivity index (χ0v) is 15.6. The number of fused-ring (bicyclic) bond motifs is 1. The number of hydrogen-bond donors (Lipinski definition) is 0. The van der Waals surface area contributed by atoms with Crippen molar-refractivity contribution in [1.82, 2.24) is 15.1 Å². The molecule has 2 aromatic rings. The SMILES string of the molecule is C[C@@H]1C[C@@H](C)CN(C(=O)CSc2nnc(-c3ccc4c(c3)OCO4)o2)C1. The van der Waals surface area contributed by atoms with Crippen LogP contribution in [0, 0.1) is 11.8 Å². The summed E-state index contributed by atoms with van der Waals surface area (Å²) in [6.45, 7) is 6.27. The number of rotatable bonds is 4. The first-order valence-corrected chi connectivity index (χ1v) is 9.71. The minimum atomic E-state index is 0.122. The molecule has 0 unspecified atom stereocenters. The molecule has 1 fully saturated rings. The number of benzene rings is 1. The number of carbonyl (C=O) groups is 1. The summed E-state index contributed by atoms with van der Waals surface area (Å²) in [7, 11) is 0. The number of hydrogen-bond acceptors (Lipinski definition) is 7. The minimum absolute atomic E-state index is 0.122. The Morgan fingerprint density at radius 2 is 1.96 bits per heavy atom. The van der Waals surface area contributed by atoms with E-state index in [0.717, 1.165) is 18.7 Å². The number of ether oxygens (including phenoxy) is 2. The molecule has 4 rings (SSSR count). The fourth-order valence-corrected chi connectivity index (χ4v) is 4.16. The Kier molecular flexibility index (Phi) is 4.76. The molecule has 7 nitrogen and oxygen atoms in total. The quantitative estimate of drug-likeness (QED) is 0.760. The van der Waals surface area contributed by atoms with E-state index < -0.39 is 0 Å². The molecule has 26 heavy (non-hydrogen) atoms. The summed E-state index contributed by atoms with van der Waals surface area (Å²) in [5.41, 5.74) is 0.763. The normalized spacial score (nSPS) is 21.8. The lowest BCUT2D eigenvalue weighted by molar-refractivity contribution is -0.130. The highest BCUT2D eigenvalue weighted by Crippen LogP contribution is 2.36. The molecule has 0 radical (unpaired) electrons. The Morgan fingerprint density at radius 3 is 2.77 bits per heavy atom. The lowest BCUT2D eigenvalue weighted by Crippen LogP contribution is -2.43. The van der Waals surface area contributed by atoms with Gasteiger partial charge in [0.1, 0.15) is 0 Å². The van der Waals surface area contributed by atoms with Crippen molar-refractivity contribution in [3.63, 3.8) is 0 Å². The Hall–Kier alpha value is -2.22. The van der Waals surface area contributed by atoms with Gasteiger partial charge in [-0.15, -0.1) is 10.2 Å². The number of thioether (sulfide) groups is 1. The zero-order chi connectivity index (χ0) is 18.1. The third-order valence-corrected chi connectivity index (χ3v) is 5.37. The summed E-state index contributed by atoms with van der Waals surface area (Å²) in [4.78, 5) is 14.4. The molecule has 0 saturated carbocycles. The smallest absolute Gasteiger partial charge is 0.277 e. The summed E-state index contributed by atoms with van der Waals surface area (Å²) in [5, 5.41) is 8.50. The van der Waals surface area contributed by atoms with Crippen LogP contribution < -0.4 is 9.47 Å². The molecule has 0 N–H and O–H groups in total. The van der Waals surface area contributed by atoms with Crippen molar-refractivity contribution >= 4 is 17.7 Å². The van der Waals surface area contributed by atoms with E-state index >= 15 is 0 Å². The van der Waals surface area contributed by atoms with Gasteiger partial charge in [0.2, 0.25) is 18.6 Å². The van der Waals surface area contributed by atoms with Crippen LogP contribution >= 0.6 is 11.8 Å². The van der Waals surface area contributed by atoms with Gasteiger partial charge in [-0.2, -0.15) is 0 Å². The van der Waals surface area contributed by atoms with Crippen molar-refractivity contribution in [2.75, 3.05) is 25.6 Å². The van der Waals surface area contributed by atoms with Crippen molar-refractivity contribution in [3.05, 3.63) is 18.2 Å². The molecule has 0 aliphatic carbocycles. The third-order valence-electron chi connectivity index (χ3n) is 4.57. The van der Waals surface area contributed by atoms with Gasteiger partial charge in [0.05, 0.1) is 5.75 Å². The molecule has 1 aromatic carbocycles. The van der Waals surface area contributed by atoms with Gasteiger partial charge >= 0.3 is 0 Å². The summed E-state index contributed by atoms with van der Waals surface area (Å²) in [5.74, 6) is 3.30. The summed E-state index contributed by atoms with van der Waals surface area (Å²) >= 11 is 1.28. The van der Waals surface area contributed by atoms with E-state index in [2.05, 4.69) is 24.0 Å². The van der Waals surface area contributed by atoms with E-state index in [1.165, 1.54) is 18.2 Å². The highest BCUT2D eigenvalue weighted by molar-refractivity contribution is 7.99. The molecule has 1 amide bonds. The topological polar surface area (TPSA) is 77.7 Å². The second-order valence-electron chi connectivity index (χ2n) is 6.97. The van der Waals surface area contributed by atoms with Crippen LogP contribution in [0.15, 0.2) is 27.8 Å². The van der Waals surface area contributed by atoms with Gasteiger partial charge in [0.25, 0.3) is 5.22 Å². The van der Waals surface area contributed by atoms with E-state index in [0.29, 0.717) is 40.2 Å². The maximum absolute atomic E-state index is 12.5. The van der Waals surface area contributed by atoms with E-state index in [-0.39, 0.29) is 12.7 Å². The van der Waals surface area contributed by atoms with Crippen LogP contribution in [0.3, 0.4) is 0 Å². The molecular weight excluding hydrogens is 354 g/mol. The van der Waals surface area contributed by atoms with Crippen LogP contribution in [-0.4, -0.2) is 46.6 Å². The van der Waals surface area contributed by atoms with Crippen molar-refractivity contribution in [3.8, 4) is 23.0 Å². The standard InChI is InChI=1S/C18H21N3O4S/c1-11-5-12(2)8-21(7-11)16(22)9-26-18-20-19-17(25-18)13-3-4-14-15(6-13)24-10-23-14/h3-4,6,11-12H,5,7-10H2,1-2H3/t11-,12-/m1/s1. The van der Waals surface area contributed by atoms with E-state index in [1.54, 1.807) is 0 Å². The summed E-state index contributed by atoms with van der Waals surface area (Å²) in [6.07, 6.45) is 1.18. The van der Waals surface area contributed by atoms with Crippen LogP contribution in [0.1, 0.15) is 20.3 Å². The molecule has 138 valence electrons. The van der Waals surface area contributed by atoms with Crippen LogP contribution in [0.5, 0.6) is 11.5 Å². The molecular formula is C18H21N3O4S. The fraction of sp³-hybridized carbons (Fsp3) is 0.500. The number of likely N-dealkylation sites (tertiary alicyclic amines) is 1. The summed E-state index contributed by atoms with van der Waals surface area (Å²) < 4.78 is 16.3. The molecule has 0 spiro atoms. The van der Waals surface area contributed by atoms with E-state index in [9.17, 15) is 4.79 Å². The molecule has 0 bridgehead atoms. The molecule has 8 heteroatoms. The van der Waals surface area contributed by atoms with Crippen LogP contribution in [-0.2, 0) is 4.79 Å². The lowest BCUT2D eigenvalue weighted by Gasteiger charge is -2.34. The molecule has 2 aliphatic rings. The third kappa shape index (κ3) is 3.65. The second-order valence-corrected chi connectivity index (χ2v) is 7.90. The van der Waals surface area contributed by atoms with Gasteiger partial charge in [-0.05, 0) is 36.5 Å². The number of piperidine rings is 1. The average molecular weight is 375 g/mol. The van der Waals surface area contributed by atoms with E-state index in [4.69, 9.17) is 13.9 Å². The maximum Gasteiger partial charge on any atom is 0.277 e. The monoisotopic (exact) mass is 375 g/mol. The number of nitrogens with zero attached hydrogens (tertiary/aromatic N) is 3. The predicted octanol–water partition coefficient (Wildman–Crippen LogP) is 3.06. The average Bonchev–Trinajstić information content (AvgIpc) is 3.27. The number of aromatic nitrogens is 2. The first kappa shape index (κ1) is 17.2. The first-order valence-electron chi connectivity index (χ1n) is 8.72. The van der Waals surface area contributed by atoms with Gasteiger partial charge in [-0.3, -0.25) is 4.79 Å². The van der Waals surface area contributed by atoms with Crippen molar-refractivity contribution in [1.29, 1.82) is 0 Å². The Balaban J connectivity index is 1.37. The fourth-order valence-electron chi connectivity index (χ4n) is 3.50. The molecule has 1 saturated heterocycles. The zero-order valence-electron chi connectivity index (χ0n) is 14.8. The van der Waals surface area contributed by atoms with Gasteiger partial charge in [0, 0.05) is 18.7 Å². The summed E-state index contributed by atoms with van der Waals surface area (Å²) in [6, 6.07) is 5.47. The largest absolute Gasteiger partial charge is 0.454 e. The second kappa shape index (κ2) is 7.19. The van der Waals surface area contributed by atoms with Gasteiger partial charge in [-0.25, -0.2) is 0 Å². The highest BCUT2D eigenvalue weighted by atomic mass is 32.2. The van der Waals surface area contributed by atoms with Gasteiger partial charge < -0.3 is 18.8 Å². The molecule has 3 heterocycles. The van der Waals surface area contributed by atoms with Crippen LogP contribution in [0.4, 0.5) is 0 Å². The molecule has 2 aliphatic heterocycles. The molecule has 2 atom stereocenters. The Morgan fingerprint density at radius 1 is 1.19 bits per heavy atom. The van der Waals surface area contributed by atoms with Gasteiger partial charge in [-0.1, -0.05) is 25.6 Å². The molecule has 1 aromatic heterocycles. The van der Waals surface area contributed by atoms with Crippen molar-refractivity contribution in [2.24, 2.45) is 11.8 Å². The number of amides is 1. The van der Waals surface area contributed by atoms with Crippen molar-refractivity contribution in [2.45, 2.75) is 25.5 Å². The first-order chi connectivity index (χ1) is 12.6. The highest BCUT2D eigenvalue weighted by Gasteiger charge is 2.25. The maximum atomic E-state index is 12.5. The van der Waals surface area contributed by atoms with Crippen LogP contribution in [0.2, 0.25) is 0 Å². The Labute approximate surface area is 156 Å². The predicted molar refractivity (Wildman–Crippen MR) is 96.1 cm³/mol. The Bertz CT molecular complexity index is 799. The lowest BCUT2D eigenvalue weighted by atomic mass is 9.92. The van der Waals surface area contributed by atoms with Crippen molar-refractivity contribution < 1.29 is 18.7 Å². The van der Waals surface area contributed by atoms with E-state index in [1.807, 2.05) is 23.1 Å².